The maximum atomic E-state index is 12.4. The molecule has 1 aliphatic carbocycles. The Bertz CT molecular complexity index is 723. The molecular weight excluding hydrogens is 360 g/mol. The quantitative estimate of drug-likeness (QED) is 0.645. The van der Waals surface area contributed by atoms with Gasteiger partial charge in [-0.25, -0.2) is 8.42 Å². The molecule has 2 rings (SSSR count). The minimum Gasteiger partial charge on any atom is -0.469 e. The van der Waals surface area contributed by atoms with Crippen molar-refractivity contribution in [2.75, 3.05) is 12.9 Å². The first kappa shape index (κ1) is 21.9. The van der Waals surface area contributed by atoms with Gasteiger partial charge in [0, 0.05) is 0 Å². The van der Waals surface area contributed by atoms with Crippen molar-refractivity contribution in [3.63, 3.8) is 0 Å². The number of hydrogen-bond donors (Lipinski definition) is 0. The van der Waals surface area contributed by atoms with E-state index in [1.54, 1.807) is 20.8 Å². The van der Waals surface area contributed by atoms with Crippen LogP contribution >= 0.6 is 0 Å². The summed E-state index contributed by atoms with van der Waals surface area (Å²) < 4.78 is 28.9. The summed E-state index contributed by atoms with van der Waals surface area (Å²) in [7, 11) is -1.61. The van der Waals surface area contributed by atoms with E-state index >= 15 is 0 Å². The molecule has 0 bridgehead atoms. The Balaban J connectivity index is 1.80. The highest BCUT2D eigenvalue weighted by molar-refractivity contribution is 7.92. The number of hydrogen-bond acceptors (Lipinski definition) is 4. The van der Waals surface area contributed by atoms with Gasteiger partial charge in [0.25, 0.3) is 0 Å². The van der Waals surface area contributed by atoms with Gasteiger partial charge in [-0.1, -0.05) is 37.1 Å². The number of benzene rings is 1. The van der Waals surface area contributed by atoms with Gasteiger partial charge in [0.05, 0.1) is 24.0 Å². The van der Waals surface area contributed by atoms with E-state index in [9.17, 15) is 13.2 Å². The molecule has 1 aliphatic rings. The fourth-order valence-corrected chi connectivity index (χ4v) is 5.21. The molecule has 0 radical (unpaired) electrons. The van der Waals surface area contributed by atoms with Gasteiger partial charge in [-0.05, 0) is 69.4 Å². The number of carbonyl (C=O) groups is 1. The van der Waals surface area contributed by atoms with Crippen molar-refractivity contribution in [3.05, 3.63) is 35.4 Å². The first-order chi connectivity index (χ1) is 12.6. The molecule has 0 aromatic heterocycles. The van der Waals surface area contributed by atoms with E-state index in [0.29, 0.717) is 24.0 Å². The number of methoxy groups -OCH3 is 1. The minimum absolute atomic E-state index is 0.212. The molecule has 4 nitrogen and oxygen atoms in total. The lowest BCUT2D eigenvalue weighted by Crippen LogP contribution is -2.34. The fraction of sp³-hybridized carbons (Fsp3) is 0.682. The summed E-state index contributed by atoms with van der Waals surface area (Å²) in [6.07, 6.45) is 6.71. The largest absolute Gasteiger partial charge is 0.469 e. The number of ether oxygens (including phenoxy) is 1. The van der Waals surface area contributed by atoms with Crippen LogP contribution in [0.15, 0.2) is 24.3 Å². The molecule has 1 aromatic rings. The molecule has 5 heteroatoms. The van der Waals surface area contributed by atoms with Crippen LogP contribution in [0.1, 0.15) is 64.0 Å². The first-order valence-corrected chi connectivity index (χ1v) is 11.6. The maximum Gasteiger partial charge on any atom is 0.309 e. The summed E-state index contributed by atoms with van der Waals surface area (Å²) in [5.41, 5.74) is 2.25. The van der Waals surface area contributed by atoms with Crippen molar-refractivity contribution < 1.29 is 17.9 Å². The molecule has 0 N–H and O–H groups in total. The van der Waals surface area contributed by atoms with Gasteiger partial charge in [-0.2, -0.15) is 0 Å². The molecule has 0 aliphatic heterocycles. The molecule has 1 fully saturated rings. The number of rotatable bonds is 7. The molecule has 1 saturated carbocycles. The zero-order chi connectivity index (χ0) is 20.1. The van der Waals surface area contributed by atoms with Gasteiger partial charge in [0.1, 0.15) is 0 Å². The van der Waals surface area contributed by atoms with Crippen molar-refractivity contribution in [3.8, 4) is 0 Å². The second kappa shape index (κ2) is 9.22. The Morgan fingerprint density at radius 2 is 1.67 bits per heavy atom. The van der Waals surface area contributed by atoms with Crippen LogP contribution in [-0.2, 0) is 32.2 Å². The zero-order valence-corrected chi connectivity index (χ0v) is 18.0. The summed E-state index contributed by atoms with van der Waals surface area (Å²) in [4.78, 5) is 11.4. The standard InChI is InChI=1S/C22H34O4S/c1-22(2,3)27(24,25)16-19-12-9-17(10-13-19)8-11-18-6-5-7-20(14-18)15-21(23)26-4/h5-7,14,17,19H,8-13,15-16H2,1-4H3. The fourth-order valence-electron chi connectivity index (χ4n) is 3.75. The summed E-state index contributed by atoms with van der Waals surface area (Å²) in [5, 5.41) is 0. The lowest BCUT2D eigenvalue weighted by atomic mass is 9.80. The Labute approximate surface area is 164 Å². The Kier molecular flexibility index (Phi) is 7.49. The van der Waals surface area contributed by atoms with Gasteiger partial charge >= 0.3 is 5.97 Å². The van der Waals surface area contributed by atoms with E-state index < -0.39 is 14.6 Å². The normalized spacial score (nSPS) is 21.0. The van der Waals surface area contributed by atoms with Gasteiger partial charge in [-0.15, -0.1) is 0 Å². The average Bonchev–Trinajstić information content (AvgIpc) is 2.60. The zero-order valence-electron chi connectivity index (χ0n) is 17.2. The Morgan fingerprint density at radius 3 is 2.26 bits per heavy atom. The van der Waals surface area contributed by atoms with E-state index in [1.165, 1.54) is 12.7 Å². The topological polar surface area (TPSA) is 60.4 Å². The number of aryl methyl sites for hydroxylation is 1. The van der Waals surface area contributed by atoms with Crippen LogP contribution in [-0.4, -0.2) is 32.0 Å². The predicted molar refractivity (Wildman–Crippen MR) is 109 cm³/mol. The molecule has 0 heterocycles. The van der Waals surface area contributed by atoms with E-state index in [-0.39, 0.29) is 5.97 Å². The van der Waals surface area contributed by atoms with Crippen molar-refractivity contribution in [2.24, 2.45) is 11.8 Å². The average molecular weight is 395 g/mol. The van der Waals surface area contributed by atoms with Gasteiger partial charge < -0.3 is 4.74 Å². The van der Waals surface area contributed by atoms with Crippen molar-refractivity contribution >= 4 is 15.8 Å². The molecular formula is C22H34O4S. The van der Waals surface area contributed by atoms with Crippen LogP contribution in [0.5, 0.6) is 0 Å². The molecule has 0 atom stereocenters. The summed E-state index contributed by atoms with van der Waals surface area (Å²) in [6.45, 7) is 5.38. The molecule has 152 valence electrons. The van der Waals surface area contributed by atoms with Gasteiger partial charge in [-0.3, -0.25) is 4.79 Å². The highest BCUT2D eigenvalue weighted by Gasteiger charge is 2.33. The summed E-state index contributed by atoms with van der Waals surface area (Å²) >= 11 is 0. The van der Waals surface area contributed by atoms with E-state index in [1.807, 2.05) is 12.1 Å². The highest BCUT2D eigenvalue weighted by atomic mass is 32.2. The second-order valence-corrected chi connectivity index (χ2v) is 11.7. The van der Waals surface area contributed by atoms with Crippen LogP contribution in [0, 0.1) is 11.8 Å². The lowest BCUT2D eigenvalue weighted by Gasteiger charge is -2.30. The maximum absolute atomic E-state index is 12.4. The monoisotopic (exact) mass is 394 g/mol. The third-order valence-electron chi connectivity index (χ3n) is 5.76. The van der Waals surface area contributed by atoms with E-state index in [2.05, 4.69) is 12.1 Å². The molecule has 0 amide bonds. The van der Waals surface area contributed by atoms with Crippen LogP contribution in [0.25, 0.3) is 0 Å². The molecule has 0 spiro atoms. The van der Waals surface area contributed by atoms with E-state index in [4.69, 9.17) is 4.74 Å². The number of esters is 1. The first-order valence-electron chi connectivity index (χ1n) is 9.97. The summed E-state index contributed by atoms with van der Waals surface area (Å²) in [5.74, 6) is 1.10. The van der Waals surface area contributed by atoms with Gasteiger partial charge in [0.2, 0.25) is 0 Å². The van der Waals surface area contributed by atoms with Gasteiger partial charge in [0.15, 0.2) is 9.84 Å². The van der Waals surface area contributed by atoms with Crippen LogP contribution in [0.4, 0.5) is 0 Å². The third kappa shape index (κ3) is 6.63. The van der Waals surface area contributed by atoms with Crippen molar-refractivity contribution in [2.45, 2.75) is 70.5 Å². The SMILES string of the molecule is COC(=O)Cc1cccc(CCC2CCC(CS(=O)(=O)C(C)(C)C)CC2)c1. The molecule has 0 unspecified atom stereocenters. The number of sulfone groups is 1. The predicted octanol–water partition coefficient (Wildman–Crippen LogP) is 4.35. The second-order valence-electron chi connectivity index (χ2n) is 8.89. The van der Waals surface area contributed by atoms with Crippen LogP contribution in [0.2, 0.25) is 0 Å². The Morgan fingerprint density at radius 1 is 1.07 bits per heavy atom. The molecule has 27 heavy (non-hydrogen) atoms. The lowest BCUT2D eigenvalue weighted by molar-refractivity contribution is -0.139. The Hall–Kier alpha value is -1.36. The highest BCUT2D eigenvalue weighted by Crippen LogP contribution is 2.34. The smallest absolute Gasteiger partial charge is 0.309 e. The van der Waals surface area contributed by atoms with Crippen LogP contribution < -0.4 is 0 Å². The summed E-state index contributed by atoms with van der Waals surface area (Å²) in [6, 6.07) is 8.17. The van der Waals surface area contributed by atoms with Crippen molar-refractivity contribution in [1.29, 1.82) is 0 Å². The number of carbonyl (C=O) groups excluding carboxylic acids is 1. The molecule has 0 saturated heterocycles. The van der Waals surface area contributed by atoms with E-state index in [0.717, 1.165) is 44.1 Å². The van der Waals surface area contributed by atoms with Crippen LogP contribution in [0.3, 0.4) is 0 Å². The van der Waals surface area contributed by atoms with Crippen molar-refractivity contribution in [1.82, 2.24) is 0 Å². The third-order valence-corrected chi connectivity index (χ3v) is 8.54. The minimum atomic E-state index is -3.02. The molecule has 1 aromatic carbocycles.